The van der Waals surface area contributed by atoms with Gasteiger partial charge in [-0.2, -0.15) is 13.2 Å². The van der Waals surface area contributed by atoms with Crippen LogP contribution in [0.3, 0.4) is 0 Å². The molecule has 2 bridgehead atoms. The number of pyridine rings is 1. The summed E-state index contributed by atoms with van der Waals surface area (Å²) in [5.74, 6) is 0. The SMILES string of the molecule is O=CC12CC(c3ccccc3)(C1)CC2(c1ccc2ccccc2c1)c1cc(C(F)(F)F)ccn1. The lowest BCUT2D eigenvalue weighted by Gasteiger charge is -2.48. The molecule has 3 aliphatic carbocycles. The smallest absolute Gasteiger partial charge is 0.303 e. The van der Waals surface area contributed by atoms with Crippen molar-refractivity contribution in [2.24, 2.45) is 5.41 Å². The second-order valence-corrected chi connectivity index (χ2v) is 9.85. The third-order valence-corrected chi connectivity index (χ3v) is 8.14. The Morgan fingerprint density at radius 1 is 0.765 bits per heavy atom. The molecule has 1 unspecified atom stereocenters. The van der Waals surface area contributed by atoms with Gasteiger partial charge in [0.1, 0.15) is 6.29 Å². The fourth-order valence-electron chi connectivity index (χ4n) is 6.73. The monoisotopic (exact) mass is 457 g/mol. The zero-order chi connectivity index (χ0) is 23.6. The van der Waals surface area contributed by atoms with Gasteiger partial charge in [0.2, 0.25) is 0 Å². The van der Waals surface area contributed by atoms with Gasteiger partial charge in [0.05, 0.1) is 16.7 Å². The number of hydrogen-bond donors (Lipinski definition) is 0. The Balaban J connectivity index is 1.62. The van der Waals surface area contributed by atoms with Crippen LogP contribution in [-0.4, -0.2) is 11.3 Å². The van der Waals surface area contributed by atoms with Crippen LogP contribution in [0.2, 0.25) is 0 Å². The Morgan fingerprint density at radius 3 is 2.18 bits per heavy atom. The standard InChI is InChI=1S/C29H22F3NO/c30-29(31,32)24-12-13-33-25(15-24)28(23-11-10-20-6-4-5-7-21(20)14-23)18-26(16-27(28,17-26)19-34)22-8-2-1-3-9-22/h1-15,19H,16-18H2. The number of fused-ring (bicyclic) bond motifs is 2. The molecule has 0 aliphatic heterocycles. The number of carbonyl (C=O) groups excluding carboxylic acids is 1. The molecule has 4 aromatic rings. The van der Waals surface area contributed by atoms with Gasteiger partial charge in [-0.05, 0) is 58.7 Å². The average molecular weight is 457 g/mol. The average Bonchev–Trinajstić information content (AvgIpc) is 3.32. The summed E-state index contributed by atoms with van der Waals surface area (Å²) in [5, 5.41) is 2.03. The van der Waals surface area contributed by atoms with Gasteiger partial charge in [0.15, 0.2) is 0 Å². The summed E-state index contributed by atoms with van der Waals surface area (Å²) < 4.78 is 41.2. The van der Waals surface area contributed by atoms with Crippen LogP contribution in [0.25, 0.3) is 10.8 Å². The first-order valence-corrected chi connectivity index (χ1v) is 11.4. The van der Waals surface area contributed by atoms with Gasteiger partial charge >= 0.3 is 6.18 Å². The van der Waals surface area contributed by atoms with Crippen molar-refractivity contribution in [3.63, 3.8) is 0 Å². The number of aldehydes is 1. The van der Waals surface area contributed by atoms with Gasteiger partial charge in [0.25, 0.3) is 0 Å². The zero-order valence-corrected chi connectivity index (χ0v) is 18.3. The maximum Gasteiger partial charge on any atom is 0.416 e. The second kappa shape index (κ2) is 7.02. The van der Waals surface area contributed by atoms with Crippen molar-refractivity contribution in [2.75, 3.05) is 0 Å². The fourth-order valence-corrected chi connectivity index (χ4v) is 6.73. The molecule has 7 rings (SSSR count). The number of aromatic nitrogens is 1. The molecule has 3 aromatic carbocycles. The predicted molar refractivity (Wildman–Crippen MR) is 124 cm³/mol. The molecule has 0 spiro atoms. The van der Waals surface area contributed by atoms with Crippen LogP contribution in [0.15, 0.2) is 91.1 Å². The Kier molecular flexibility index (Phi) is 4.35. The summed E-state index contributed by atoms with van der Waals surface area (Å²) in [4.78, 5) is 17.3. The van der Waals surface area contributed by atoms with Gasteiger partial charge < -0.3 is 4.79 Å². The quantitative estimate of drug-likeness (QED) is 0.313. The summed E-state index contributed by atoms with van der Waals surface area (Å²) in [6.07, 6.45) is -0.552. The molecule has 0 N–H and O–H groups in total. The molecule has 3 aliphatic rings. The van der Waals surface area contributed by atoms with Crippen molar-refractivity contribution < 1.29 is 18.0 Å². The summed E-state index contributed by atoms with van der Waals surface area (Å²) >= 11 is 0. The molecule has 3 saturated carbocycles. The Morgan fingerprint density at radius 2 is 1.47 bits per heavy atom. The van der Waals surface area contributed by atoms with E-state index in [0.29, 0.717) is 25.0 Å². The number of carbonyl (C=O) groups is 1. The molecular formula is C29H22F3NO. The van der Waals surface area contributed by atoms with Crippen LogP contribution in [-0.2, 0) is 21.8 Å². The van der Waals surface area contributed by atoms with E-state index in [1.165, 1.54) is 6.20 Å². The van der Waals surface area contributed by atoms with E-state index in [1.54, 1.807) is 0 Å². The molecule has 34 heavy (non-hydrogen) atoms. The molecule has 1 heterocycles. The third-order valence-electron chi connectivity index (χ3n) is 8.14. The molecule has 5 heteroatoms. The molecule has 0 radical (unpaired) electrons. The highest BCUT2D eigenvalue weighted by atomic mass is 19.4. The van der Waals surface area contributed by atoms with Crippen LogP contribution in [0.1, 0.15) is 41.6 Å². The first kappa shape index (κ1) is 21.1. The molecule has 2 nitrogen and oxygen atoms in total. The first-order chi connectivity index (χ1) is 16.3. The first-order valence-electron chi connectivity index (χ1n) is 11.4. The van der Waals surface area contributed by atoms with Crippen LogP contribution < -0.4 is 0 Å². The van der Waals surface area contributed by atoms with E-state index >= 15 is 0 Å². The van der Waals surface area contributed by atoms with Crippen LogP contribution >= 0.6 is 0 Å². The Bertz CT molecular complexity index is 1410. The lowest BCUT2D eigenvalue weighted by Crippen LogP contribution is -2.49. The van der Waals surface area contributed by atoms with Gasteiger partial charge in [-0.3, -0.25) is 4.98 Å². The van der Waals surface area contributed by atoms with Crippen molar-refractivity contribution in [1.82, 2.24) is 4.98 Å². The Labute approximate surface area is 195 Å². The summed E-state index contributed by atoms with van der Waals surface area (Å²) in [5.41, 5.74) is -0.485. The minimum absolute atomic E-state index is 0.274. The van der Waals surface area contributed by atoms with Gasteiger partial charge in [-0.15, -0.1) is 0 Å². The van der Waals surface area contributed by atoms with Crippen molar-refractivity contribution >= 4 is 17.1 Å². The minimum atomic E-state index is -4.49. The zero-order valence-electron chi connectivity index (χ0n) is 18.3. The fraction of sp³-hybridized carbons (Fsp3) is 0.241. The normalized spacial score (nSPS) is 28.0. The number of alkyl halides is 3. The van der Waals surface area contributed by atoms with E-state index < -0.39 is 22.6 Å². The van der Waals surface area contributed by atoms with E-state index in [2.05, 4.69) is 17.1 Å². The minimum Gasteiger partial charge on any atom is -0.303 e. The highest BCUT2D eigenvalue weighted by Crippen LogP contribution is 2.76. The van der Waals surface area contributed by atoms with Crippen molar-refractivity contribution in [3.8, 4) is 0 Å². The summed E-state index contributed by atoms with van der Waals surface area (Å²) in [6.45, 7) is 0. The molecule has 0 amide bonds. The number of nitrogens with zero attached hydrogens (tertiary/aromatic N) is 1. The second-order valence-electron chi connectivity index (χ2n) is 9.85. The number of halogens is 3. The topological polar surface area (TPSA) is 30.0 Å². The molecule has 170 valence electrons. The maximum absolute atomic E-state index is 13.7. The van der Waals surface area contributed by atoms with E-state index in [9.17, 15) is 18.0 Å². The van der Waals surface area contributed by atoms with Gasteiger partial charge in [-0.25, -0.2) is 0 Å². The lowest BCUT2D eigenvalue weighted by molar-refractivity contribution is -0.137. The number of rotatable bonds is 4. The molecular weight excluding hydrogens is 435 g/mol. The van der Waals surface area contributed by atoms with Crippen molar-refractivity contribution in [3.05, 3.63) is 114 Å². The van der Waals surface area contributed by atoms with E-state index in [-0.39, 0.29) is 5.41 Å². The number of hydrogen-bond acceptors (Lipinski definition) is 2. The lowest BCUT2D eigenvalue weighted by atomic mass is 9.53. The van der Waals surface area contributed by atoms with Gasteiger partial charge in [-0.1, -0.05) is 72.8 Å². The van der Waals surface area contributed by atoms with Crippen LogP contribution in [0.5, 0.6) is 0 Å². The van der Waals surface area contributed by atoms with Crippen molar-refractivity contribution in [1.29, 1.82) is 0 Å². The van der Waals surface area contributed by atoms with E-state index in [1.807, 2.05) is 60.7 Å². The van der Waals surface area contributed by atoms with E-state index in [0.717, 1.165) is 40.3 Å². The van der Waals surface area contributed by atoms with E-state index in [4.69, 9.17) is 0 Å². The third kappa shape index (κ3) is 2.76. The number of benzene rings is 3. The molecule has 3 fully saturated rings. The molecule has 1 atom stereocenters. The summed E-state index contributed by atoms with van der Waals surface area (Å²) in [6, 6.07) is 26.1. The summed E-state index contributed by atoms with van der Waals surface area (Å²) in [7, 11) is 0. The van der Waals surface area contributed by atoms with Crippen molar-refractivity contribution in [2.45, 2.75) is 36.3 Å². The highest BCUT2D eigenvalue weighted by Gasteiger charge is 2.75. The Hall–Kier alpha value is -3.47. The maximum atomic E-state index is 13.7. The van der Waals surface area contributed by atoms with Gasteiger partial charge in [0, 0.05) is 11.6 Å². The highest BCUT2D eigenvalue weighted by molar-refractivity contribution is 5.84. The predicted octanol–water partition coefficient (Wildman–Crippen LogP) is 6.86. The molecule has 1 aromatic heterocycles. The largest absolute Gasteiger partial charge is 0.416 e. The molecule has 0 saturated heterocycles. The van der Waals surface area contributed by atoms with Crippen LogP contribution in [0, 0.1) is 5.41 Å². The van der Waals surface area contributed by atoms with Crippen LogP contribution in [0.4, 0.5) is 13.2 Å².